The molecular weight excluding hydrogens is 327 g/mol. The summed E-state index contributed by atoms with van der Waals surface area (Å²) in [5.41, 5.74) is 0. The van der Waals surface area contributed by atoms with E-state index in [4.69, 9.17) is 0 Å². The molecule has 0 bridgehead atoms. The molecular formula is C10H7IOS2. The molecule has 1 aromatic carbocycles. The van der Waals surface area contributed by atoms with Crippen LogP contribution in [0.4, 0.5) is 0 Å². The van der Waals surface area contributed by atoms with Gasteiger partial charge in [-0.3, -0.25) is 4.79 Å². The first-order valence-electron chi connectivity index (χ1n) is 3.97. The van der Waals surface area contributed by atoms with Gasteiger partial charge in [0.25, 0.3) is 0 Å². The highest BCUT2D eigenvalue weighted by atomic mass is 127. The summed E-state index contributed by atoms with van der Waals surface area (Å²) in [6, 6.07) is 6.23. The molecule has 0 spiro atoms. The van der Waals surface area contributed by atoms with Crippen LogP contribution < -0.4 is 0 Å². The summed E-state index contributed by atoms with van der Waals surface area (Å²) in [5, 5.41) is 1.17. The Morgan fingerprint density at radius 3 is 2.86 bits per heavy atom. The zero-order valence-electron chi connectivity index (χ0n) is 7.41. The second-order valence-electron chi connectivity index (χ2n) is 2.79. The van der Waals surface area contributed by atoms with Gasteiger partial charge >= 0.3 is 0 Å². The second-order valence-corrected chi connectivity index (χ2v) is 5.92. The largest absolute Gasteiger partial charge is 0.297 e. The van der Waals surface area contributed by atoms with Crippen LogP contribution in [0.25, 0.3) is 10.1 Å². The lowest BCUT2D eigenvalue weighted by molar-refractivity contribution is 0.112. The fourth-order valence-electron chi connectivity index (χ4n) is 1.28. The van der Waals surface area contributed by atoms with Gasteiger partial charge in [0.1, 0.15) is 0 Å². The van der Waals surface area contributed by atoms with Crippen molar-refractivity contribution in [3.05, 3.63) is 26.6 Å². The van der Waals surface area contributed by atoms with Gasteiger partial charge in [-0.2, -0.15) is 0 Å². The fourth-order valence-corrected chi connectivity index (χ4v) is 3.89. The first-order valence-corrected chi connectivity index (χ1v) is 7.09. The molecule has 0 radical (unpaired) electrons. The Morgan fingerprint density at radius 1 is 1.43 bits per heavy atom. The molecule has 1 aromatic heterocycles. The van der Waals surface area contributed by atoms with Crippen LogP contribution in [0.15, 0.2) is 23.1 Å². The smallest absolute Gasteiger partial charge is 0.160 e. The number of carbonyl (C=O) groups is 1. The zero-order chi connectivity index (χ0) is 10.1. The number of thiophene rings is 1. The van der Waals surface area contributed by atoms with Gasteiger partial charge in [-0.15, -0.1) is 23.1 Å². The molecule has 2 rings (SSSR count). The van der Waals surface area contributed by atoms with E-state index in [9.17, 15) is 4.79 Å². The average Bonchev–Trinajstić information content (AvgIpc) is 2.58. The van der Waals surface area contributed by atoms with Gasteiger partial charge in [0, 0.05) is 13.2 Å². The number of rotatable bonds is 2. The lowest BCUT2D eigenvalue weighted by Crippen LogP contribution is -1.76. The van der Waals surface area contributed by atoms with Gasteiger partial charge in [0.2, 0.25) is 0 Å². The lowest BCUT2D eigenvalue weighted by Gasteiger charge is -1.99. The Kier molecular flexibility index (Phi) is 3.14. The Bertz CT molecular complexity index is 490. The SMILES string of the molecule is CSc1cc2sc(C=O)cc2cc1I. The molecule has 72 valence electrons. The van der Waals surface area contributed by atoms with Crippen molar-refractivity contribution in [2.75, 3.05) is 6.26 Å². The second kappa shape index (κ2) is 4.20. The molecule has 0 fully saturated rings. The summed E-state index contributed by atoms with van der Waals surface area (Å²) < 4.78 is 2.44. The van der Waals surface area contributed by atoms with Crippen molar-refractivity contribution >= 4 is 62.1 Å². The quantitative estimate of drug-likeness (QED) is 0.468. The highest BCUT2D eigenvalue weighted by Crippen LogP contribution is 2.32. The average molecular weight is 334 g/mol. The summed E-state index contributed by atoms with van der Waals surface area (Å²) in [7, 11) is 0. The van der Waals surface area contributed by atoms with Crippen LogP contribution in [-0.4, -0.2) is 12.5 Å². The topological polar surface area (TPSA) is 17.1 Å². The molecule has 2 aromatic rings. The molecule has 1 heterocycles. The van der Waals surface area contributed by atoms with Crippen LogP contribution in [0.2, 0.25) is 0 Å². The standard InChI is InChI=1S/C10H7IOS2/c1-13-10-4-9-6(3-8(10)11)2-7(5-12)14-9/h2-5H,1H3. The molecule has 0 aliphatic carbocycles. The predicted molar refractivity (Wildman–Crippen MR) is 71.7 cm³/mol. The number of aldehydes is 1. The molecule has 0 aliphatic rings. The third-order valence-corrected chi connectivity index (χ3v) is 4.99. The Balaban J connectivity index is 2.69. The van der Waals surface area contributed by atoms with Gasteiger partial charge in [-0.1, -0.05) is 0 Å². The molecule has 0 unspecified atom stereocenters. The minimum atomic E-state index is 0.800. The molecule has 0 aliphatic heterocycles. The predicted octanol–water partition coefficient (Wildman–Crippen LogP) is 4.04. The number of thioether (sulfide) groups is 1. The summed E-state index contributed by atoms with van der Waals surface area (Å²) >= 11 is 5.61. The van der Waals surface area contributed by atoms with Crippen LogP contribution in [0.1, 0.15) is 9.67 Å². The van der Waals surface area contributed by atoms with Crippen molar-refractivity contribution in [1.82, 2.24) is 0 Å². The highest BCUT2D eigenvalue weighted by Gasteiger charge is 2.05. The molecule has 4 heteroatoms. The van der Waals surface area contributed by atoms with E-state index >= 15 is 0 Å². The number of benzene rings is 1. The van der Waals surface area contributed by atoms with E-state index < -0.39 is 0 Å². The van der Waals surface area contributed by atoms with Crippen LogP contribution in [0, 0.1) is 3.57 Å². The van der Waals surface area contributed by atoms with Crippen LogP contribution in [0.3, 0.4) is 0 Å². The zero-order valence-corrected chi connectivity index (χ0v) is 11.2. The third-order valence-electron chi connectivity index (χ3n) is 1.93. The van der Waals surface area contributed by atoms with Gasteiger partial charge in [-0.25, -0.2) is 0 Å². The Hall–Kier alpha value is -0.0700. The first kappa shape index (κ1) is 10.4. The van der Waals surface area contributed by atoms with Crippen LogP contribution in [0.5, 0.6) is 0 Å². The van der Waals surface area contributed by atoms with Crippen molar-refractivity contribution in [2.24, 2.45) is 0 Å². The summed E-state index contributed by atoms with van der Waals surface area (Å²) in [5.74, 6) is 0. The van der Waals surface area contributed by atoms with Crippen molar-refractivity contribution < 1.29 is 4.79 Å². The van der Waals surface area contributed by atoms with E-state index in [2.05, 4.69) is 41.0 Å². The molecule has 0 atom stereocenters. The molecule has 0 N–H and O–H groups in total. The minimum absolute atomic E-state index is 0.800. The van der Waals surface area contributed by atoms with Crippen LogP contribution in [-0.2, 0) is 0 Å². The monoisotopic (exact) mass is 334 g/mol. The number of halogens is 1. The minimum Gasteiger partial charge on any atom is -0.297 e. The highest BCUT2D eigenvalue weighted by molar-refractivity contribution is 14.1. The number of hydrogen-bond donors (Lipinski definition) is 0. The maximum absolute atomic E-state index is 10.6. The first-order chi connectivity index (χ1) is 6.74. The summed E-state index contributed by atoms with van der Waals surface area (Å²) in [4.78, 5) is 12.7. The van der Waals surface area contributed by atoms with Crippen molar-refractivity contribution in [2.45, 2.75) is 4.90 Å². The maximum Gasteiger partial charge on any atom is 0.160 e. The van der Waals surface area contributed by atoms with Gasteiger partial charge in [-0.05, 0) is 52.4 Å². The van der Waals surface area contributed by atoms with E-state index in [0.717, 1.165) is 11.2 Å². The van der Waals surface area contributed by atoms with Crippen molar-refractivity contribution in [3.8, 4) is 0 Å². The van der Waals surface area contributed by atoms with E-state index in [0.29, 0.717) is 0 Å². The van der Waals surface area contributed by atoms with E-state index in [1.165, 1.54) is 18.6 Å². The van der Waals surface area contributed by atoms with Crippen molar-refractivity contribution in [3.63, 3.8) is 0 Å². The summed E-state index contributed by atoms with van der Waals surface area (Å²) in [6.45, 7) is 0. The number of hydrogen-bond acceptors (Lipinski definition) is 3. The third kappa shape index (κ3) is 1.83. The Labute approximate surface area is 104 Å². The summed E-state index contributed by atoms with van der Waals surface area (Å²) in [6.07, 6.45) is 2.98. The Morgan fingerprint density at radius 2 is 2.21 bits per heavy atom. The van der Waals surface area contributed by atoms with Gasteiger partial charge in [0.05, 0.1) is 4.88 Å². The fraction of sp³-hybridized carbons (Fsp3) is 0.100. The number of fused-ring (bicyclic) bond motifs is 1. The maximum atomic E-state index is 10.6. The van der Waals surface area contributed by atoms with E-state index in [-0.39, 0.29) is 0 Å². The number of carbonyl (C=O) groups excluding carboxylic acids is 1. The van der Waals surface area contributed by atoms with Crippen LogP contribution >= 0.6 is 45.7 Å². The normalized spacial score (nSPS) is 10.7. The molecule has 14 heavy (non-hydrogen) atoms. The molecule has 0 amide bonds. The van der Waals surface area contributed by atoms with Crippen molar-refractivity contribution in [1.29, 1.82) is 0 Å². The molecule has 1 nitrogen and oxygen atoms in total. The molecule has 0 saturated carbocycles. The van der Waals surface area contributed by atoms with E-state index in [1.54, 1.807) is 23.1 Å². The molecule has 0 saturated heterocycles. The van der Waals surface area contributed by atoms with E-state index in [1.807, 2.05) is 6.07 Å². The lowest BCUT2D eigenvalue weighted by atomic mass is 10.2. The van der Waals surface area contributed by atoms with Gasteiger partial charge < -0.3 is 0 Å². The van der Waals surface area contributed by atoms with Gasteiger partial charge in [0.15, 0.2) is 6.29 Å².